The second-order valence-corrected chi connectivity index (χ2v) is 6.71. The molecule has 0 saturated carbocycles. The summed E-state index contributed by atoms with van der Waals surface area (Å²) in [6.07, 6.45) is 1.22. The molecule has 1 aromatic heterocycles. The highest BCUT2D eigenvalue weighted by Gasteiger charge is 2.25. The maximum Gasteiger partial charge on any atom is 0.373 e. The van der Waals surface area contributed by atoms with Crippen molar-refractivity contribution in [3.63, 3.8) is 0 Å². The minimum atomic E-state index is -0.564. The molecule has 4 aromatic rings. The Hall–Kier alpha value is -3.71. The smallest absolute Gasteiger partial charge is 0.373 e. The van der Waals surface area contributed by atoms with Crippen molar-refractivity contribution in [2.75, 3.05) is 5.32 Å². The van der Waals surface area contributed by atoms with Gasteiger partial charge in [0.1, 0.15) is 12.1 Å². The first-order valence-electron chi connectivity index (χ1n) is 8.71. The lowest BCUT2D eigenvalue weighted by atomic mass is 10.1. The molecular weight excluding hydrogens is 392 g/mol. The van der Waals surface area contributed by atoms with E-state index in [2.05, 4.69) is 15.3 Å². The number of fused-ring (bicyclic) bond motifs is 1. The zero-order valence-electron chi connectivity index (χ0n) is 15.3. The summed E-state index contributed by atoms with van der Waals surface area (Å²) in [5.74, 6) is 0.279. The first kappa shape index (κ1) is 18.6. The Bertz CT molecular complexity index is 1220. The largest absolute Gasteiger partial charge is 0.434 e. The van der Waals surface area contributed by atoms with Crippen molar-refractivity contribution >= 4 is 39.6 Å². The molecule has 0 radical (unpaired) electrons. The number of nitrogens with zero attached hydrogens (tertiary/aromatic N) is 3. The molecule has 0 amide bonds. The van der Waals surface area contributed by atoms with Gasteiger partial charge in [-0.2, -0.15) is 4.98 Å². The van der Waals surface area contributed by atoms with Crippen LogP contribution in [0.3, 0.4) is 0 Å². The monoisotopic (exact) mass is 406 g/mol. The fourth-order valence-corrected chi connectivity index (χ4v) is 3.07. The van der Waals surface area contributed by atoms with Crippen LogP contribution in [0.25, 0.3) is 10.8 Å². The van der Waals surface area contributed by atoms with E-state index in [1.54, 1.807) is 18.2 Å². The molecule has 0 atom stereocenters. The van der Waals surface area contributed by atoms with Crippen molar-refractivity contribution in [1.29, 1.82) is 0 Å². The van der Waals surface area contributed by atoms with Crippen molar-refractivity contribution in [2.24, 2.45) is 0 Å². The van der Waals surface area contributed by atoms with Gasteiger partial charge < -0.3 is 10.1 Å². The van der Waals surface area contributed by atoms with E-state index in [9.17, 15) is 10.1 Å². The molecule has 0 aliphatic rings. The number of aromatic nitrogens is 2. The average Bonchev–Trinajstić information content (AvgIpc) is 2.71. The van der Waals surface area contributed by atoms with Gasteiger partial charge in [0.15, 0.2) is 0 Å². The van der Waals surface area contributed by atoms with Crippen LogP contribution < -0.4 is 10.1 Å². The molecule has 8 heteroatoms. The first-order chi connectivity index (χ1) is 14.0. The first-order valence-corrected chi connectivity index (χ1v) is 9.09. The van der Waals surface area contributed by atoms with Gasteiger partial charge in [-0.1, -0.05) is 48.0 Å². The van der Waals surface area contributed by atoms with Crippen LogP contribution >= 0.6 is 11.6 Å². The van der Waals surface area contributed by atoms with Crippen LogP contribution in [0.15, 0.2) is 67.0 Å². The number of hydrogen-bond acceptors (Lipinski definition) is 6. The molecule has 0 spiro atoms. The van der Waals surface area contributed by atoms with Crippen LogP contribution in [0.4, 0.5) is 17.2 Å². The maximum atomic E-state index is 11.8. The Morgan fingerprint density at radius 1 is 1.07 bits per heavy atom. The lowest BCUT2D eigenvalue weighted by Crippen LogP contribution is -2.04. The highest BCUT2D eigenvalue weighted by molar-refractivity contribution is 6.31. The number of benzene rings is 3. The summed E-state index contributed by atoms with van der Waals surface area (Å²) in [7, 11) is 0. The Morgan fingerprint density at radius 3 is 2.66 bits per heavy atom. The number of hydrogen-bond donors (Lipinski definition) is 1. The van der Waals surface area contributed by atoms with Gasteiger partial charge in [-0.25, -0.2) is 4.98 Å². The van der Waals surface area contributed by atoms with E-state index in [0.29, 0.717) is 16.5 Å². The summed E-state index contributed by atoms with van der Waals surface area (Å²) in [6, 6.07) is 18.4. The molecule has 4 rings (SSSR count). The number of halogens is 1. The van der Waals surface area contributed by atoms with Gasteiger partial charge in [0.25, 0.3) is 0 Å². The number of ether oxygens (including phenoxy) is 1. The Morgan fingerprint density at radius 2 is 1.86 bits per heavy atom. The average molecular weight is 407 g/mol. The van der Waals surface area contributed by atoms with E-state index in [0.717, 1.165) is 16.3 Å². The third-order valence-electron chi connectivity index (χ3n) is 4.36. The van der Waals surface area contributed by atoms with Crippen molar-refractivity contribution in [3.8, 4) is 11.6 Å². The SMILES string of the molecule is Cc1cc(Oc2ncnc(Nc3cccc4ccccc34)c2[N+](=O)[O-])ccc1Cl. The molecule has 0 unspecified atom stereocenters. The quantitative estimate of drug-likeness (QED) is 0.321. The van der Waals surface area contributed by atoms with Crippen LogP contribution in [0.1, 0.15) is 5.56 Å². The Labute approximate surface area is 171 Å². The predicted octanol–water partition coefficient (Wildman–Crippen LogP) is 6.04. The molecular formula is C21H15ClN4O3. The number of rotatable bonds is 5. The molecule has 3 aromatic carbocycles. The lowest BCUT2D eigenvalue weighted by Gasteiger charge is -2.11. The van der Waals surface area contributed by atoms with Gasteiger partial charge >= 0.3 is 11.6 Å². The van der Waals surface area contributed by atoms with Crippen LogP contribution in [-0.2, 0) is 0 Å². The summed E-state index contributed by atoms with van der Waals surface area (Å²) in [4.78, 5) is 19.3. The fraction of sp³-hybridized carbons (Fsp3) is 0.0476. The summed E-state index contributed by atoms with van der Waals surface area (Å²) < 4.78 is 5.68. The Balaban J connectivity index is 1.75. The number of nitrogens with one attached hydrogen (secondary N) is 1. The molecule has 0 fully saturated rings. The molecule has 0 saturated heterocycles. The molecule has 0 aliphatic heterocycles. The van der Waals surface area contributed by atoms with Crippen molar-refractivity contribution in [3.05, 3.63) is 87.7 Å². The van der Waals surface area contributed by atoms with Gasteiger partial charge in [0.05, 0.1) is 4.92 Å². The van der Waals surface area contributed by atoms with E-state index in [4.69, 9.17) is 16.3 Å². The maximum absolute atomic E-state index is 11.8. The zero-order valence-corrected chi connectivity index (χ0v) is 16.1. The topological polar surface area (TPSA) is 90.2 Å². The van der Waals surface area contributed by atoms with Gasteiger partial charge in [-0.15, -0.1) is 0 Å². The zero-order chi connectivity index (χ0) is 20.4. The van der Waals surface area contributed by atoms with Gasteiger partial charge in [0.2, 0.25) is 5.82 Å². The van der Waals surface area contributed by atoms with Gasteiger partial charge in [-0.05, 0) is 42.1 Å². The molecule has 144 valence electrons. The molecule has 1 heterocycles. The van der Waals surface area contributed by atoms with Crippen molar-refractivity contribution in [1.82, 2.24) is 9.97 Å². The fourth-order valence-electron chi connectivity index (χ4n) is 2.95. The van der Waals surface area contributed by atoms with Gasteiger partial charge in [-0.3, -0.25) is 10.1 Å². The lowest BCUT2D eigenvalue weighted by molar-refractivity contribution is -0.385. The molecule has 0 bridgehead atoms. The number of anilines is 2. The van der Waals surface area contributed by atoms with E-state index < -0.39 is 4.92 Å². The standard InChI is InChI=1S/C21H15ClN4O3/c1-13-11-15(9-10-17(13)22)29-21-19(26(27)28)20(23-12-24-21)25-18-8-4-6-14-5-2-3-7-16(14)18/h2-12H,1H3,(H,23,24,25). The summed E-state index contributed by atoms with van der Waals surface area (Å²) in [5, 5.41) is 17.3. The minimum absolute atomic E-state index is 0.0436. The van der Waals surface area contributed by atoms with Crippen LogP contribution in [0.5, 0.6) is 11.6 Å². The van der Waals surface area contributed by atoms with Crippen LogP contribution in [0.2, 0.25) is 5.02 Å². The predicted molar refractivity (Wildman–Crippen MR) is 112 cm³/mol. The molecule has 7 nitrogen and oxygen atoms in total. The van der Waals surface area contributed by atoms with E-state index in [-0.39, 0.29) is 17.4 Å². The molecule has 1 N–H and O–H groups in total. The minimum Gasteiger partial charge on any atom is -0.434 e. The van der Waals surface area contributed by atoms with E-state index in [1.807, 2.05) is 49.4 Å². The number of nitro groups is 1. The highest BCUT2D eigenvalue weighted by atomic mass is 35.5. The molecule has 0 aliphatic carbocycles. The van der Waals surface area contributed by atoms with E-state index in [1.165, 1.54) is 6.33 Å². The normalized spacial score (nSPS) is 10.7. The second-order valence-electron chi connectivity index (χ2n) is 6.30. The summed E-state index contributed by atoms with van der Waals surface area (Å²) >= 11 is 6.03. The number of aryl methyl sites for hydroxylation is 1. The second kappa shape index (κ2) is 7.73. The van der Waals surface area contributed by atoms with Crippen LogP contribution in [0, 0.1) is 17.0 Å². The van der Waals surface area contributed by atoms with Gasteiger partial charge in [0, 0.05) is 16.1 Å². The third-order valence-corrected chi connectivity index (χ3v) is 4.78. The van der Waals surface area contributed by atoms with Crippen molar-refractivity contribution < 1.29 is 9.66 Å². The summed E-state index contributed by atoms with van der Waals surface area (Å²) in [6.45, 7) is 1.82. The van der Waals surface area contributed by atoms with Crippen LogP contribution in [-0.4, -0.2) is 14.9 Å². The molecule has 29 heavy (non-hydrogen) atoms. The third kappa shape index (κ3) is 3.81. The summed E-state index contributed by atoms with van der Waals surface area (Å²) in [5.41, 5.74) is 1.13. The highest BCUT2D eigenvalue weighted by Crippen LogP contribution is 2.37. The van der Waals surface area contributed by atoms with E-state index >= 15 is 0 Å². The Kier molecular flexibility index (Phi) is 4.97. The van der Waals surface area contributed by atoms with Crippen molar-refractivity contribution in [2.45, 2.75) is 6.92 Å².